The minimum atomic E-state index is 0.192. The highest BCUT2D eigenvalue weighted by Gasteiger charge is 2.12. The van der Waals surface area contributed by atoms with Crippen LogP contribution in [0.2, 0.25) is 0 Å². The molecule has 0 heterocycles. The lowest BCUT2D eigenvalue weighted by molar-refractivity contribution is 0.339. The number of halogens is 1. The summed E-state index contributed by atoms with van der Waals surface area (Å²) in [5.74, 6) is 0.922. The van der Waals surface area contributed by atoms with Gasteiger partial charge in [-0.3, -0.25) is 0 Å². The third-order valence-electron chi connectivity index (χ3n) is 2.99. The molecular formula is C16H18INO. The Hall–Kier alpha value is -1.07. The monoisotopic (exact) mass is 367 g/mol. The van der Waals surface area contributed by atoms with E-state index in [-0.39, 0.29) is 6.04 Å². The summed E-state index contributed by atoms with van der Waals surface area (Å²) in [7, 11) is 1.98. The van der Waals surface area contributed by atoms with E-state index >= 15 is 0 Å². The molecule has 0 aliphatic rings. The number of nitrogens with one attached hydrogen (secondary N) is 1. The lowest BCUT2D eigenvalue weighted by atomic mass is 9.99. The first-order valence-corrected chi connectivity index (χ1v) is 7.48. The van der Waals surface area contributed by atoms with Crippen LogP contribution < -0.4 is 10.1 Å². The highest BCUT2D eigenvalue weighted by Crippen LogP contribution is 2.25. The van der Waals surface area contributed by atoms with Gasteiger partial charge in [-0.15, -0.1) is 0 Å². The summed E-state index contributed by atoms with van der Waals surface area (Å²) in [6, 6.07) is 17.0. The third kappa shape index (κ3) is 3.70. The number of hydrogen-bond donors (Lipinski definition) is 1. The van der Waals surface area contributed by atoms with Crippen molar-refractivity contribution >= 4 is 22.6 Å². The van der Waals surface area contributed by atoms with Gasteiger partial charge in [0.25, 0.3) is 0 Å². The van der Waals surface area contributed by atoms with Crippen LogP contribution in [0, 0.1) is 3.57 Å². The first-order valence-electron chi connectivity index (χ1n) is 6.40. The molecule has 2 aromatic carbocycles. The highest BCUT2D eigenvalue weighted by molar-refractivity contribution is 14.1. The Balaban J connectivity index is 2.30. The fourth-order valence-corrected chi connectivity index (χ4v) is 2.49. The van der Waals surface area contributed by atoms with E-state index in [0.717, 1.165) is 5.75 Å². The van der Waals surface area contributed by atoms with E-state index in [0.29, 0.717) is 6.61 Å². The van der Waals surface area contributed by atoms with Gasteiger partial charge >= 0.3 is 0 Å². The summed E-state index contributed by atoms with van der Waals surface area (Å²) in [5.41, 5.74) is 2.48. The van der Waals surface area contributed by atoms with Gasteiger partial charge in [0.05, 0.1) is 12.6 Å². The topological polar surface area (TPSA) is 21.3 Å². The molecule has 2 nitrogen and oxygen atoms in total. The molecule has 0 radical (unpaired) electrons. The van der Waals surface area contributed by atoms with Crippen LogP contribution >= 0.6 is 22.6 Å². The summed E-state index contributed by atoms with van der Waals surface area (Å²) in [6.45, 7) is 2.69. The van der Waals surface area contributed by atoms with Gasteiger partial charge in [-0.1, -0.05) is 24.3 Å². The molecular weight excluding hydrogens is 349 g/mol. The molecule has 0 fully saturated rings. The van der Waals surface area contributed by atoms with Crippen molar-refractivity contribution in [2.45, 2.75) is 13.0 Å². The van der Waals surface area contributed by atoms with Gasteiger partial charge in [0.15, 0.2) is 0 Å². The van der Waals surface area contributed by atoms with E-state index in [1.54, 1.807) is 0 Å². The van der Waals surface area contributed by atoms with Crippen LogP contribution in [0.5, 0.6) is 5.75 Å². The van der Waals surface area contributed by atoms with Gasteiger partial charge in [0, 0.05) is 3.57 Å². The van der Waals surface area contributed by atoms with Crippen molar-refractivity contribution in [2.75, 3.05) is 13.7 Å². The van der Waals surface area contributed by atoms with E-state index in [9.17, 15) is 0 Å². The molecule has 2 rings (SSSR count). The first-order chi connectivity index (χ1) is 9.24. The molecule has 1 N–H and O–H groups in total. The van der Waals surface area contributed by atoms with E-state index in [1.165, 1.54) is 14.7 Å². The first kappa shape index (κ1) is 14.3. The second-order valence-electron chi connectivity index (χ2n) is 4.28. The Kier molecular flexibility index (Phi) is 5.22. The quantitative estimate of drug-likeness (QED) is 0.807. The van der Waals surface area contributed by atoms with E-state index in [2.05, 4.69) is 64.3 Å². The van der Waals surface area contributed by atoms with Crippen molar-refractivity contribution < 1.29 is 4.74 Å². The van der Waals surface area contributed by atoms with Crippen LogP contribution in [0.4, 0.5) is 0 Å². The zero-order valence-electron chi connectivity index (χ0n) is 11.2. The minimum Gasteiger partial charge on any atom is -0.494 e. The Morgan fingerprint density at radius 1 is 1.11 bits per heavy atom. The van der Waals surface area contributed by atoms with E-state index in [4.69, 9.17) is 4.74 Å². The maximum Gasteiger partial charge on any atom is 0.119 e. The van der Waals surface area contributed by atoms with Crippen molar-refractivity contribution in [3.63, 3.8) is 0 Å². The molecule has 0 saturated carbocycles. The summed E-state index contributed by atoms with van der Waals surface area (Å²) in [6.07, 6.45) is 0. The van der Waals surface area contributed by atoms with Gasteiger partial charge in [0.1, 0.15) is 5.75 Å². The molecule has 1 unspecified atom stereocenters. The predicted molar refractivity (Wildman–Crippen MR) is 87.7 cm³/mol. The van der Waals surface area contributed by atoms with Crippen molar-refractivity contribution in [2.24, 2.45) is 0 Å². The van der Waals surface area contributed by atoms with Crippen LogP contribution in [-0.2, 0) is 0 Å². The molecule has 1 atom stereocenters. The molecule has 3 heteroatoms. The number of hydrogen-bond acceptors (Lipinski definition) is 2. The Labute approximate surface area is 128 Å². The van der Waals surface area contributed by atoms with Crippen LogP contribution in [-0.4, -0.2) is 13.7 Å². The van der Waals surface area contributed by atoms with Crippen LogP contribution in [0.1, 0.15) is 24.1 Å². The molecule has 0 spiro atoms. The van der Waals surface area contributed by atoms with E-state index in [1.807, 2.05) is 26.1 Å². The van der Waals surface area contributed by atoms with Crippen LogP contribution in [0.25, 0.3) is 0 Å². The van der Waals surface area contributed by atoms with Crippen molar-refractivity contribution in [3.05, 3.63) is 63.2 Å². The molecule has 0 aromatic heterocycles. The fraction of sp³-hybridized carbons (Fsp3) is 0.250. The van der Waals surface area contributed by atoms with Gasteiger partial charge in [0.2, 0.25) is 0 Å². The number of ether oxygens (including phenoxy) is 1. The highest BCUT2D eigenvalue weighted by atomic mass is 127. The molecule has 19 heavy (non-hydrogen) atoms. The van der Waals surface area contributed by atoms with Crippen LogP contribution in [0.3, 0.4) is 0 Å². The Morgan fingerprint density at radius 2 is 1.84 bits per heavy atom. The second kappa shape index (κ2) is 6.91. The smallest absolute Gasteiger partial charge is 0.119 e. The summed E-state index contributed by atoms with van der Waals surface area (Å²) < 4.78 is 6.82. The van der Waals surface area contributed by atoms with Crippen molar-refractivity contribution in [3.8, 4) is 5.75 Å². The zero-order valence-corrected chi connectivity index (χ0v) is 13.3. The average Bonchev–Trinajstić information content (AvgIpc) is 2.43. The van der Waals surface area contributed by atoms with Gasteiger partial charge in [-0.2, -0.15) is 0 Å². The maximum atomic E-state index is 5.57. The summed E-state index contributed by atoms with van der Waals surface area (Å²) in [5, 5.41) is 3.37. The number of rotatable bonds is 5. The Bertz CT molecular complexity index is 525. The maximum absolute atomic E-state index is 5.57. The minimum absolute atomic E-state index is 0.192. The van der Waals surface area contributed by atoms with Crippen LogP contribution in [0.15, 0.2) is 48.5 Å². The molecule has 0 aliphatic heterocycles. The molecule has 0 amide bonds. The predicted octanol–water partition coefficient (Wildman–Crippen LogP) is 4.00. The SMILES string of the molecule is CCOc1cccc(C(NC)c2ccc(I)cc2)c1. The van der Waals surface area contributed by atoms with E-state index < -0.39 is 0 Å². The Morgan fingerprint density at radius 3 is 2.47 bits per heavy atom. The number of benzene rings is 2. The molecule has 2 aromatic rings. The lowest BCUT2D eigenvalue weighted by Gasteiger charge is -2.18. The van der Waals surface area contributed by atoms with Gasteiger partial charge in [-0.25, -0.2) is 0 Å². The van der Waals surface area contributed by atoms with Crippen molar-refractivity contribution in [1.29, 1.82) is 0 Å². The summed E-state index contributed by atoms with van der Waals surface area (Å²) in [4.78, 5) is 0. The van der Waals surface area contributed by atoms with Gasteiger partial charge < -0.3 is 10.1 Å². The normalized spacial score (nSPS) is 12.2. The average molecular weight is 367 g/mol. The van der Waals surface area contributed by atoms with Gasteiger partial charge in [-0.05, 0) is 72.0 Å². The molecule has 0 bridgehead atoms. The molecule has 0 aliphatic carbocycles. The largest absolute Gasteiger partial charge is 0.494 e. The second-order valence-corrected chi connectivity index (χ2v) is 5.52. The lowest BCUT2D eigenvalue weighted by Crippen LogP contribution is -2.17. The molecule has 0 saturated heterocycles. The summed E-state index contributed by atoms with van der Waals surface area (Å²) >= 11 is 2.32. The molecule has 100 valence electrons. The third-order valence-corrected chi connectivity index (χ3v) is 3.71. The standard InChI is InChI=1S/C16H18INO/c1-3-19-15-6-4-5-13(11-15)16(18-2)12-7-9-14(17)10-8-12/h4-11,16,18H,3H2,1-2H3. The fourth-order valence-electron chi connectivity index (χ4n) is 2.13. The van der Waals surface area contributed by atoms with Crippen molar-refractivity contribution in [1.82, 2.24) is 5.32 Å². The zero-order chi connectivity index (χ0) is 13.7.